The Morgan fingerprint density at radius 1 is 1.43 bits per heavy atom. The van der Waals surface area contributed by atoms with Crippen molar-refractivity contribution in [3.8, 4) is 5.75 Å². The van der Waals surface area contributed by atoms with Gasteiger partial charge in [-0.1, -0.05) is 19.1 Å². The summed E-state index contributed by atoms with van der Waals surface area (Å²) >= 11 is 0. The number of benzene rings is 1. The van der Waals surface area contributed by atoms with Gasteiger partial charge in [0.05, 0.1) is 6.54 Å². The van der Waals surface area contributed by atoms with Crippen LogP contribution in [0.15, 0.2) is 24.3 Å². The molecule has 0 aromatic heterocycles. The van der Waals surface area contributed by atoms with Gasteiger partial charge in [-0.05, 0) is 57.0 Å². The third-order valence-corrected chi connectivity index (χ3v) is 3.96. The maximum absolute atomic E-state index is 12.1. The fraction of sp³-hybridized carbons (Fsp3) is 0.588. The molecule has 0 aliphatic carbocycles. The van der Waals surface area contributed by atoms with Gasteiger partial charge in [-0.2, -0.15) is 0 Å². The number of hydrogen-bond acceptors (Lipinski definition) is 3. The van der Waals surface area contributed by atoms with Crippen molar-refractivity contribution >= 4 is 5.91 Å². The number of hydrogen-bond donors (Lipinski definition) is 2. The van der Waals surface area contributed by atoms with Crippen LogP contribution < -0.4 is 15.4 Å². The van der Waals surface area contributed by atoms with E-state index in [2.05, 4.69) is 17.6 Å². The van der Waals surface area contributed by atoms with Crippen LogP contribution >= 0.6 is 0 Å². The number of nitrogens with one attached hydrogen (secondary N) is 2. The van der Waals surface area contributed by atoms with E-state index in [0.717, 1.165) is 38.1 Å². The number of amides is 1. The molecule has 116 valence electrons. The minimum atomic E-state index is 0.0254. The third kappa shape index (κ3) is 5.05. The van der Waals surface area contributed by atoms with Crippen molar-refractivity contribution in [1.29, 1.82) is 0 Å². The first-order valence-corrected chi connectivity index (χ1v) is 7.90. The van der Waals surface area contributed by atoms with E-state index in [1.807, 2.05) is 31.2 Å². The van der Waals surface area contributed by atoms with E-state index in [1.54, 1.807) is 0 Å². The third-order valence-electron chi connectivity index (χ3n) is 3.96. The number of aryl methyl sites for hydroxylation is 1. The Hall–Kier alpha value is -1.55. The van der Waals surface area contributed by atoms with Gasteiger partial charge in [0.1, 0.15) is 11.9 Å². The maximum Gasteiger partial charge on any atom is 0.223 e. The molecular weight excluding hydrogens is 264 g/mol. The van der Waals surface area contributed by atoms with Crippen LogP contribution in [0, 0.1) is 12.8 Å². The number of piperidine rings is 1. The first-order chi connectivity index (χ1) is 10.2. The lowest BCUT2D eigenvalue weighted by Gasteiger charge is -2.24. The quantitative estimate of drug-likeness (QED) is 0.845. The summed E-state index contributed by atoms with van der Waals surface area (Å²) in [7, 11) is 0. The molecule has 2 N–H and O–H groups in total. The largest absolute Gasteiger partial charge is 0.489 e. The van der Waals surface area contributed by atoms with Crippen LogP contribution in [0.4, 0.5) is 0 Å². The van der Waals surface area contributed by atoms with Crippen LogP contribution in [0.2, 0.25) is 0 Å². The fourth-order valence-electron chi connectivity index (χ4n) is 2.59. The molecule has 1 heterocycles. The second-order valence-electron chi connectivity index (χ2n) is 5.73. The van der Waals surface area contributed by atoms with Crippen molar-refractivity contribution < 1.29 is 9.53 Å². The zero-order valence-electron chi connectivity index (χ0n) is 13.0. The zero-order chi connectivity index (χ0) is 15.1. The predicted octanol–water partition coefficient (Wildman–Crippen LogP) is 2.27. The highest BCUT2D eigenvalue weighted by Crippen LogP contribution is 2.16. The van der Waals surface area contributed by atoms with Gasteiger partial charge in [-0.15, -0.1) is 0 Å². The van der Waals surface area contributed by atoms with Gasteiger partial charge in [-0.25, -0.2) is 0 Å². The van der Waals surface area contributed by atoms with Gasteiger partial charge >= 0.3 is 0 Å². The van der Waals surface area contributed by atoms with Crippen LogP contribution in [0.5, 0.6) is 5.75 Å². The van der Waals surface area contributed by atoms with Gasteiger partial charge in [0, 0.05) is 5.92 Å². The number of ether oxygens (including phenoxy) is 1. The fourth-order valence-corrected chi connectivity index (χ4v) is 2.59. The summed E-state index contributed by atoms with van der Waals surface area (Å²) in [6.45, 7) is 6.58. The predicted molar refractivity (Wildman–Crippen MR) is 84.5 cm³/mol. The molecule has 1 aliphatic rings. The first-order valence-electron chi connectivity index (χ1n) is 7.90. The van der Waals surface area contributed by atoms with Crippen molar-refractivity contribution in [2.45, 2.75) is 39.2 Å². The Balaban J connectivity index is 1.80. The van der Waals surface area contributed by atoms with Crippen molar-refractivity contribution in [3.63, 3.8) is 0 Å². The number of carbonyl (C=O) groups excluding carboxylic acids is 1. The summed E-state index contributed by atoms with van der Waals surface area (Å²) < 4.78 is 5.96. The molecule has 1 amide bonds. The van der Waals surface area contributed by atoms with Crippen LogP contribution in [-0.2, 0) is 4.79 Å². The van der Waals surface area contributed by atoms with Crippen molar-refractivity contribution in [2.75, 3.05) is 19.6 Å². The molecule has 1 unspecified atom stereocenters. The average molecular weight is 290 g/mol. The lowest BCUT2D eigenvalue weighted by Crippen LogP contribution is -2.41. The first kappa shape index (κ1) is 15.8. The molecule has 0 bridgehead atoms. The molecule has 1 fully saturated rings. The molecule has 0 spiro atoms. The molecule has 2 rings (SSSR count). The van der Waals surface area contributed by atoms with E-state index in [9.17, 15) is 4.79 Å². The van der Waals surface area contributed by atoms with Gasteiger partial charge in [-0.3, -0.25) is 4.79 Å². The Bertz CT molecular complexity index is 456. The smallest absolute Gasteiger partial charge is 0.223 e. The molecule has 1 aliphatic heterocycles. The van der Waals surface area contributed by atoms with E-state index in [-0.39, 0.29) is 17.9 Å². The van der Waals surface area contributed by atoms with Crippen molar-refractivity contribution in [3.05, 3.63) is 29.8 Å². The van der Waals surface area contributed by atoms with Gasteiger partial charge in [0.15, 0.2) is 0 Å². The average Bonchev–Trinajstić information content (AvgIpc) is 2.52. The van der Waals surface area contributed by atoms with Crippen LogP contribution in [0.3, 0.4) is 0 Å². The van der Waals surface area contributed by atoms with E-state index < -0.39 is 0 Å². The van der Waals surface area contributed by atoms with E-state index in [1.165, 1.54) is 5.56 Å². The lowest BCUT2D eigenvalue weighted by atomic mass is 9.97. The molecule has 0 radical (unpaired) electrons. The molecule has 21 heavy (non-hydrogen) atoms. The van der Waals surface area contributed by atoms with Crippen molar-refractivity contribution in [2.24, 2.45) is 5.92 Å². The summed E-state index contributed by atoms with van der Waals surface area (Å²) in [5, 5.41) is 6.33. The van der Waals surface area contributed by atoms with E-state index in [4.69, 9.17) is 4.74 Å². The summed E-state index contributed by atoms with van der Waals surface area (Å²) in [5.41, 5.74) is 1.18. The topological polar surface area (TPSA) is 50.4 Å². The number of carbonyl (C=O) groups is 1. The van der Waals surface area contributed by atoms with Gasteiger partial charge in [0.25, 0.3) is 0 Å². The molecule has 4 heteroatoms. The van der Waals surface area contributed by atoms with E-state index in [0.29, 0.717) is 6.54 Å². The van der Waals surface area contributed by atoms with Crippen LogP contribution in [0.25, 0.3) is 0 Å². The monoisotopic (exact) mass is 290 g/mol. The summed E-state index contributed by atoms with van der Waals surface area (Å²) in [6.07, 6.45) is 2.76. The highest BCUT2D eigenvalue weighted by molar-refractivity contribution is 5.78. The summed E-state index contributed by atoms with van der Waals surface area (Å²) in [5.74, 6) is 1.20. The minimum Gasteiger partial charge on any atom is -0.489 e. The molecule has 1 atom stereocenters. The second kappa shape index (κ2) is 8.03. The summed E-state index contributed by atoms with van der Waals surface area (Å²) in [4.78, 5) is 12.1. The molecule has 1 aromatic rings. The molecule has 1 aromatic carbocycles. The zero-order valence-corrected chi connectivity index (χ0v) is 13.0. The van der Waals surface area contributed by atoms with Crippen LogP contribution in [-0.4, -0.2) is 31.6 Å². The Morgan fingerprint density at radius 2 is 2.19 bits per heavy atom. The van der Waals surface area contributed by atoms with Crippen molar-refractivity contribution in [1.82, 2.24) is 10.6 Å². The molecule has 1 saturated heterocycles. The Morgan fingerprint density at radius 3 is 2.86 bits per heavy atom. The normalized spacial score (nSPS) is 17.2. The standard InChI is InChI=1S/C17H26N2O2/c1-3-15(21-16-6-4-5-13(2)11-16)12-19-17(20)14-7-9-18-10-8-14/h4-6,11,14-15,18H,3,7-10,12H2,1-2H3,(H,19,20). The number of rotatable bonds is 6. The van der Waals surface area contributed by atoms with Gasteiger partial charge in [0.2, 0.25) is 5.91 Å². The molecule has 0 saturated carbocycles. The highest BCUT2D eigenvalue weighted by atomic mass is 16.5. The maximum atomic E-state index is 12.1. The molecule has 4 nitrogen and oxygen atoms in total. The minimum absolute atomic E-state index is 0.0254. The Kier molecular flexibility index (Phi) is 6.05. The van der Waals surface area contributed by atoms with Gasteiger partial charge < -0.3 is 15.4 Å². The second-order valence-corrected chi connectivity index (χ2v) is 5.73. The summed E-state index contributed by atoms with van der Waals surface area (Å²) in [6, 6.07) is 8.03. The van der Waals surface area contributed by atoms with Crippen LogP contribution in [0.1, 0.15) is 31.7 Å². The lowest BCUT2D eigenvalue weighted by molar-refractivity contribution is -0.126. The van der Waals surface area contributed by atoms with E-state index >= 15 is 0 Å². The SMILES string of the molecule is CCC(CNC(=O)C1CCNCC1)Oc1cccc(C)c1. The molecular formula is C17H26N2O2. The highest BCUT2D eigenvalue weighted by Gasteiger charge is 2.21. The Labute approximate surface area is 127 Å².